The first-order chi connectivity index (χ1) is 19.0. The van der Waals surface area contributed by atoms with Crippen molar-refractivity contribution in [2.24, 2.45) is 0 Å². The van der Waals surface area contributed by atoms with E-state index in [-0.39, 0.29) is 17.1 Å². The van der Waals surface area contributed by atoms with Crippen LogP contribution in [0.3, 0.4) is 0 Å². The predicted octanol–water partition coefficient (Wildman–Crippen LogP) is 9.39. The number of ether oxygens (including phenoxy) is 2. The van der Waals surface area contributed by atoms with Gasteiger partial charge < -0.3 is 9.47 Å². The van der Waals surface area contributed by atoms with E-state index < -0.39 is 23.3 Å². The largest absolute Gasteiger partial charge is 0.481 e. The molecule has 1 heterocycles. The van der Waals surface area contributed by atoms with Crippen molar-refractivity contribution in [3.8, 4) is 10.6 Å². The van der Waals surface area contributed by atoms with Gasteiger partial charge in [0, 0.05) is 33.4 Å². The zero-order valence-corrected chi connectivity index (χ0v) is 23.2. The molecule has 5 aromatic rings. The van der Waals surface area contributed by atoms with Crippen LogP contribution in [0.4, 0.5) is 13.2 Å². The van der Waals surface area contributed by atoms with Gasteiger partial charge in [0.1, 0.15) is 5.75 Å². The summed E-state index contributed by atoms with van der Waals surface area (Å²) in [5.41, 5.74) is 0.0662. The first-order valence-corrected chi connectivity index (χ1v) is 13.9. The van der Waals surface area contributed by atoms with E-state index in [1.54, 1.807) is 6.92 Å². The summed E-state index contributed by atoms with van der Waals surface area (Å²) in [4.78, 5) is 14.0. The number of fused-ring (bicyclic) bond motifs is 3. The second kappa shape index (κ2) is 10.5. The molecule has 0 aliphatic heterocycles. The van der Waals surface area contributed by atoms with Gasteiger partial charge in [-0.25, -0.2) is 4.79 Å². The van der Waals surface area contributed by atoms with Gasteiger partial charge >= 0.3 is 12.1 Å². The minimum atomic E-state index is -4.45. The lowest BCUT2D eigenvalue weighted by Crippen LogP contribution is -2.29. The van der Waals surface area contributed by atoms with Crippen LogP contribution >= 0.6 is 10.5 Å². The number of esters is 1. The third-order valence-corrected chi connectivity index (χ3v) is 9.31. The lowest BCUT2D eigenvalue weighted by molar-refractivity contribution is -0.157. The molecule has 0 amide bonds. The van der Waals surface area contributed by atoms with Crippen molar-refractivity contribution in [1.82, 2.24) is 0 Å². The maximum Gasteiger partial charge on any atom is 0.416 e. The van der Waals surface area contributed by atoms with Crippen molar-refractivity contribution >= 4 is 36.6 Å². The van der Waals surface area contributed by atoms with Crippen molar-refractivity contribution in [2.75, 3.05) is 6.61 Å². The molecule has 1 atom stereocenters. The summed E-state index contributed by atoms with van der Waals surface area (Å²) in [6, 6.07) is 25.6. The first-order valence-electron chi connectivity index (χ1n) is 12.7. The molecular formula is C33H28F3O3S+. The Kier molecular flexibility index (Phi) is 7.19. The van der Waals surface area contributed by atoms with Crippen LogP contribution in [-0.4, -0.2) is 12.6 Å². The fourth-order valence-electron chi connectivity index (χ4n) is 4.97. The zero-order chi connectivity index (χ0) is 28.7. The van der Waals surface area contributed by atoms with Gasteiger partial charge in [-0.2, -0.15) is 13.2 Å². The maximum absolute atomic E-state index is 13.0. The molecule has 0 saturated heterocycles. The second-order valence-electron chi connectivity index (χ2n) is 9.83. The van der Waals surface area contributed by atoms with Crippen LogP contribution in [0.5, 0.6) is 5.75 Å². The molecule has 0 saturated carbocycles. The predicted molar refractivity (Wildman–Crippen MR) is 155 cm³/mol. The Balaban J connectivity index is 1.36. The molecule has 0 fully saturated rings. The van der Waals surface area contributed by atoms with E-state index in [9.17, 15) is 18.0 Å². The van der Waals surface area contributed by atoms with Crippen LogP contribution < -0.4 is 4.74 Å². The Labute approximate surface area is 233 Å². The standard InChI is InChI=1S/C33H28F3O3S/c1-5-32(4,23-14-16-24(17-15-23)33(34,35)36)39-30(37)20-38-31-21(2)18-25(19-22(31)3)40-28-12-8-6-10-26(28)27-11-7-9-13-29(27)40/h5-19H,1,20H2,2-4H3/q+1. The number of carbonyl (C=O) groups excluding carboxylic acids is 1. The minimum Gasteiger partial charge on any atom is -0.481 e. The van der Waals surface area contributed by atoms with Gasteiger partial charge in [-0.05, 0) is 79.9 Å². The highest BCUT2D eigenvalue weighted by molar-refractivity contribution is 7.50. The summed E-state index contributed by atoms with van der Waals surface area (Å²) < 4.78 is 53.0. The van der Waals surface area contributed by atoms with Crippen molar-refractivity contribution < 1.29 is 27.4 Å². The SMILES string of the molecule is C=CC(C)(OC(=O)COc1c(C)cc(-[s+]2c3ccccc3c3ccccc32)cc1C)c1ccc(C(F)(F)F)cc1. The third-order valence-electron chi connectivity index (χ3n) is 7.01. The number of thiophene rings is 1. The number of rotatable bonds is 7. The number of carbonyl (C=O) groups is 1. The van der Waals surface area contributed by atoms with Gasteiger partial charge in [0.25, 0.3) is 0 Å². The normalized spacial score (nSPS) is 13.2. The summed E-state index contributed by atoms with van der Waals surface area (Å²) in [6.45, 7) is 8.83. The quantitative estimate of drug-likeness (QED) is 0.113. The van der Waals surface area contributed by atoms with Crippen molar-refractivity contribution in [3.05, 3.63) is 120 Å². The maximum atomic E-state index is 13.0. The lowest BCUT2D eigenvalue weighted by Gasteiger charge is -2.27. The van der Waals surface area contributed by atoms with Crippen molar-refractivity contribution in [3.63, 3.8) is 0 Å². The number of hydrogen-bond acceptors (Lipinski definition) is 3. The molecule has 0 spiro atoms. The van der Waals surface area contributed by atoms with Gasteiger partial charge in [-0.15, -0.1) is 0 Å². The molecule has 40 heavy (non-hydrogen) atoms. The van der Waals surface area contributed by atoms with Crippen LogP contribution in [0.1, 0.15) is 29.2 Å². The van der Waals surface area contributed by atoms with Crippen molar-refractivity contribution in [1.29, 1.82) is 0 Å². The first kappa shape index (κ1) is 27.5. The van der Waals surface area contributed by atoms with Crippen LogP contribution in [-0.2, 0) is 21.3 Å². The summed E-state index contributed by atoms with van der Waals surface area (Å²) in [5, 5.41) is 2.50. The third kappa shape index (κ3) is 5.09. The molecule has 0 N–H and O–H groups in total. The van der Waals surface area contributed by atoms with Gasteiger partial charge in [0.15, 0.2) is 26.5 Å². The Morgan fingerprint density at radius 2 is 1.35 bits per heavy atom. The molecule has 1 aromatic heterocycles. The number of alkyl halides is 3. The van der Waals surface area contributed by atoms with Gasteiger partial charge in [0.05, 0.1) is 5.56 Å². The molecule has 4 aromatic carbocycles. The van der Waals surface area contributed by atoms with E-state index in [2.05, 4.69) is 67.2 Å². The van der Waals surface area contributed by atoms with Crippen molar-refractivity contribution in [2.45, 2.75) is 32.5 Å². The Bertz CT molecular complexity index is 1660. The fourth-order valence-corrected chi connectivity index (χ4v) is 7.53. The van der Waals surface area contributed by atoms with Gasteiger partial charge in [-0.3, -0.25) is 0 Å². The van der Waals surface area contributed by atoms with Gasteiger partial charge in [-0.1, -0.05) is 43.0 Å². The van der Waals surface area contributed by atoms with Gasteiger partial charge in [0.2, 0.25) is 0 Å². The summed E-state index contributed by atoms with van der Waals surface area (Å²) >= 11 is 0. The van der Waals surface area contributed by atoms with Crippen LogP contribution in [0.2, 0.25) is 0 Å². The molecule has 1 unspecified atom stereocenters. The fraction of sp³-hybridized carbons (Fsp3) is 0.182. The van der Waals surface area contributed by atoms with Crippen LogP contribution in [0.25, 0.3) is 25.1 Å². The molecule has 0 aliphatic carbocycles. The molecule has 0 aliphatic rings. The Morgan fingerprint density at radius 1 is 0.850 bits per heavy atom. The smallest absolute Gasteiger partial charge is 0.416 e. The number of halogens is 3. The minimum absolute atomic E-state index is 0.254. The van der Waals surface area contributed by atoms with Crippen LogP contribution in [0.15, 0.2) is 97.6 Å². The highest BCUT2D eigenvalue weighted by atomic mass is 32.2. The molecule has 204 valence electrons. The monoisotopic (exact) mass is 561 g/mol. The molecule has 3 nitrogen and oxygen atoms in total. The summed E-state index contributed by atoms with van der Waals surface area (Å²) in [5.74, 6) is -0.0643. The van der Waals surface area contributed by atoms with Crippen LogP contribution in [0, 0.1) is 13.8 Å². The molecule has 0 radical (unpaired) electrons. The zero-order valence-electron chi connectivity index (χ0n) is 22.3. The average molecular weight is 562 g/mol. The molecule has 5 rings (SSSR count). The second-order valence-corrected chi connectivity index (χ2v) is 11.8. The highest BCUT2D eigenvalue weighted by Gasteiger charge is 2.33. The van der Waals surface area contributed by atoms with E-state index >= 15 is 0 Å². The Hall–Kier alpha value is -4.10. The van der Waals surface area contributed by atoms with E-state index in [0.29, 0.717) is 11.3 Å². The molecular weight excluding hydrogens is 533 g/mol. The topological polar surface area (TPSA) is 35.5 Å². The number of hydrogen-bond donors (Lipinski definition) is 0. The summed E-state index contributed by atoms with van der Waals surface area (Å²) in [7, 11) is -0.254. The van der Waals surface area contributed by atoms with E-state index in [1.165, 1.54) is 43.3 Å². The summed E-state index contributed by atoms with van der Waals surface area (Å²) in [6.07, 6.45) is -3.07. The number of aryl methyl sites for hydroxylation is 2. The van der Waals surface area contributed by atoms with E-state index in [0.717, 1.165) is 23.3 Å². The highest BCUT2D eigenvalue weighted by Crippen LogP contribution is 2.49. The molecule has 0 bridgehead atoms. The number of benzene rings is 4. The lowest BCUT2D eigenvalue weighted by atomic mass is 9.95. The molecule has 7 heteroatoms. The van der Waals surface area contributed by atoms with E-state index in [1.807, 2.05) is 13.8 Å². The average Bonchev–Trinajstić information content (AvgIpc) is 3.26. The Morgan fingerprint density at radius 3 is 1.85 bits per heavy atom. The van der Waals surface area contributed by atoms with E-state index in [4.69, 9.17) is 9.47 Å².